The van der Waals surface area contributed by atoms with Crippen molar-refractivity contribution in [2.24, 2.45) is 0 Å². The average molecular weight is 1470 g/mol. The summed E-state index contributed by atoms with van der Waals surface area (Å²) in [5.74, 6) is 0. The highest BCUT2D eigenvalue weighted by molar-refractivity contribution is 7.00. The minimum atomic E-state index is -0.483. The number of anilines is 6. The molecule has 2 aliphatic heterocycles. The van der Waals surface area contributed by atoms with Crippen LogP contribution in [0.25, 0.3) is 138 Å². The molecule has 546 valence electrons. The lowest BCUT2D eigenvalue weighted by atomic mass is 9.33. The molecule has 6 heteroatoms. The summed E-state index contributed by atoms with van der Waals surface area (Å²) in [5.41, 5.74) is 30.3. The first-order chi connectivity index (χ1) is 57.5. The molecule has 0 spiro atoms. The first-order valence-electron chi connectivity index (χ1n) is 42.3. The summed E-state index contributed by atoms with van der Waals surface area (Å²) in [6.07, 6.45) is 0. The highest BCUT2D eigenvalue weighted by atomic mass is 15.2. The van der Waals surface area contributed by atoms with Crippen LogP contribution in [0.1, 0.15) is 85.9 Å². The van der Waals surface area contributed by atoms with Gasteiger partial charge in [0.15, 0.2) is 0 Å². The Hall–Kier alpha value is -13.4. The Morgan fingerprint density at radius 3 is 1.13 bits per heavy atom. The van der Waals surface area contributed by atoms with E-state index in [1.807, 2.05) is 6.07 Å². The number of nitrogens with zero attached hydrogens (tertiary/aromatic N) is 5. The number of rotatable bonds is 10. The van der Waals surface area contributed by atoms with Crippen LogP contribution in [0.15, 0.2) is 358 Å². The Labute approximate surface area is 674 Å². The van der Waals surface area contributed by atoms with Crippen molar-refractivity contribution in [3.63, 3.8) is 0 Å². The molecule has 5 heterocycles. The van der Waals surface area contributed by atoms with Gasteiger partial charge in [0.25, 0.3) is 6.71 Å². The standard InChI is InChI=1S/C108H86BN5/c1-106(2,3)77-48-54-97-89(61-77)90-62-78(107(4,5)6)49-55-98(90)112(97)83-67-102-104-103(68-83)114(105-87(72-37-21-13-22-38-72)63-79(108(7,8)9)64-88(105)73-39-23-14-24-40-73)101-66-81(111-96-46-30-27-43-86(96)91-65-80(51-56-99(91)111)110-94-44-28-25-41-84(94)85-42-26-29-45-95(85)110)50-53-93(101)109(104)92-52-47-74(69-31-15-10-16-32-69)60-100(92)113(102)82-58-75(70-33-17-11-18-34-70)57-76(59-82)71-35-19-12-20-36-71/h10-68H,1-9H3/i10D,15D,16D,31D,32D. The van der Waals surface area contributed by atoms with Crippen LogP contribution >= 0.6 is 0 Å². The molecule has 114 heavy (non-hydrogen) atoms. The van der Waals surface area contributed by atoms with Crippen LogP contribution in [0.2, 0.25) is 0 Å². The number of aromatic nitrogens is 3. The van der Waals surface area contributed by atoms with Crippen molar-refractivity contribution in [1.82, 2.24) is 13.7 Å². The van der Waals surface area contributed by atoms with Crippen LogP contribution in [0.4, 0.5) is 34.1 Å². The molecule has 0 N–H and O–H groups in total. The van der Waals surface area contributed by atoms with Crippen LogP contribution in [0.5, 0.6) is 0 Å². The second-order valence-electron chi connectivity index (χ2n) is 34.1. The zero-order valence-electron chi connectivity index (χ0n) is 70.5. The maximum Gasteiger partial charge on any atom is 0.252 e. The van der Waals surface area contributed by atoms with Gasteiger partial charge in [-0.1, -0.05) is 299 Å². The van der Waals surface area contributed by atoms with Crippen LogP contribution in [0.3, 0.4) is 0 Å². The molecule has 0 atom stereocenters. The van der Waals surface area contributed by atoms with E-state index in [4.69, 9.17) is 1.37 Å². The van der Waals surface area contributed by atoms with Gasteiger partial charge < -0.3 is 23.5 Å². The molecule has 0 amide bonds. The fraction of sp³-hybridized carbons (Fsp3) is 0.111. The lowest BCUT2D eigenvalue weighted by Crippen LogP contribution is -2.61. The third-order valence-corrected chi connectivity index (χ3v) is 24.1. The van der Waals surface area contributed by atoms with Crippen molar-refractivity contribution in [3.8, 4) is 72.7 Å². The van der Waals surface area contributed by atoms with E-state index in [1.165, 1.54) is 27.5 Å². The molecule has 0 saturated carbocycles. The van der Waals surface area contributed by atoms with Gasteiger partial charge in [0.1, 0.15) is 0 Å². The molecule has 0 radical (unpaired) electrons. The minimum Gasteiger partial charge on any atom is -0.311 e. The molecule has 5 nitrogen and oxygen atoms in total. The van der Waals surface area contributed by atoms with Gasteiger partial charge in [-0.05, 0) is 215 Å². The van der Waals surface area contributed by atoms with Crippen molar-refractivity contribution >= 4 is 123 Å². The summed E-state index contributed by atoms with van der Waals surface area (Å²) >= 11 is 0. The zero-order valence-corrected chi connectivity index (χ0v) is 65.5. The Morgan fingerprint density at radius 1 is 0.246 bits per heavy atom. The van der Waals surface area contributed by atoms with Gasteiger partial charge in [0, 0.05) is 83.3 Å². The Morgan fingerprint density at radius 2 is 0.632 bits per heavy atom. The molecule has 0 saturated heterocycles. The molecule has 0 unspecified atom stereocenters. The van der Waals surface area contributed by atoms with E-state index >= 15 is 0 Å². The lowest BCUT2D eigenvalue weighted by Gasteiger charge is -2.45. The largest absolute Gasteiger partial charge is 0.311 e. The van der Waals surface area contributed by atoms with Crippen LogP contribution in [0, 0.1) is 0 Å². The minimum absolute atomic E-state index is 0.130. The number of hydrogen-bond donors (Lipinski definition) is 0. The van der Waals surface area contributed by atoms with Crippen molar-refractivity contribution in [2.45, 2.75) is 78.6 Å². The maximum absolute atomic E-state index is 9.73. The SMILES string of the molecule is [2H]c1c([2H])c([2H])c(-c2ccc3c(c2)N(c2cc(-c4ccccc4)cc(-c4ccccc4)c2)c2cc(-n4c5ccc(C(C)(C)C)cc5c5cc(C(C)(C)C)ccc54)cc4c2B3c2ccc(-n3c5ccccc5c5cc(-n6c7ccccc7c7ccccc76)ccc53)cc2N4c2c(-c3ccccc3)cc(C(C)(C)C)cc2-c2ccccc2)c([2H])c1[2H]. The molecule has 3 aromatic heterocycles. The number of hydrogen-bond acceptors (Lipinski definition) is 2. The summed E-state index contributed by atoms with van der Waals surface area (Å²) in [5, 5.41) is 7.00. The van der Waals surface area contributed by atoms with Gasteiger partial charge in [0.2, 0.25) is 0 Å². The lowest BCUT2D eigenvalue weighted by molar-refractivity contribution is 0.590. The topological polar surface area (TPSA) is 21.3 Å². The third kappa shape index (κ3) is 11.1. The first-order valence-corrected chi connectivity index (χ1v) is 39.8. The van der Waals surface area contributed by atoms with Crippen molar-refractivity contribution in [2.75, 3.05) is 9.80 Å². The second-order valence-corrected chi connectivity index (χ2v) is 34.1. The molecule has 0 bridgehead atoms. The van der Waals surface area contributed by atoms with Gasteiger partial charge in [-0.15, -0.1) is 0 Å². The summed E-state index contributed by atoms with van der Waals surface area (Å²) in [7, 11) is 0. The number of para-hydroxylation sites is 3. The highest BCUT2D eigenvalue weighted by Gasteiger charge is 2.46. The van der Waals surface area contributed by atoms with Crippen molar-refractivity contribution in [3.05, 3.63) is 374 Å². The van der Waals surface area contributed by atoms with E-state index in [1.54, 1.807) is 0 Å². The molecule has 16 aromatic carbocycles. The molecular weight excluding hydrogens is 1380 g/mol. The highest BCUT2D eigenvalue weighted by Crippen LogP contribution is 2.54. The smallest absolute Gasteiger partial charge is 0.252 e. The van der Waals surface area contributed by atoms with Gasteiger partial charge >= 0.3 is 0 Å². The third-order valence-electron chi connectivity index (χ3n) is 24.1. The van der Waals surface area contributed by atoms with E-state index < -0.39 is 24.8 Å². The Balaban J connectivity index is 0.941. The van der Waals surface area contributed by atoms with Gasteiger partial charge in [-0.3, -0.25) is 0 Å². The van der Waals surface area contributed by atoms with E-state index in [0.29, 0.717) is 5.56 Å². The average Bonchev–Trinajstić information content (AvgIpc) is 0.814. The van der Waals surface area contributed by atoms with E-state index in [0.717, 1.165) is 167 Å². The van der Waals surface area contributed by atoms with E-state index in [9.17, 15) is 5.48 Å². The first kappa shape index (κ1) is 63.2. The molecule has 21 rings (SSSR count). The van der Waals surface area contributed by atoms with Crippen molar-refractivity contribution in [1.29, 1.82) is 0 Å². The summed E-state index contributed by atoms with van der Waals surface area (Å²) in [4.78, 5) is 5.09. The Kier molecular flexibility index (Phi) is 14.5. The fourth-order valence-electron chi connectivity index (χ4n) is 18.4. The quantitative estimate of drug-likeness (QED) is 0.127. The molecule has 19 aromatic rings. The zero-order chi connectivity index (χ0) is 81.4. The van der Waals surface area contributed by atoms with E-state index in [-0.39, 0.29) is 33.9 Å². The molecule has 0 aliphatic carbocycles. The summed E-state index contributed by atoms with van der Waals surface area (Å²) < 4.78 is 54.2. The summed E-state index contributed by atoms with van der Waals surface area (Å²) in [6.45, 7) is 20.3. The maximum atomic E-state index is 9.73. The van der Waals surface area contributed by atoms with Gasteiger partial charge in [0.05, 0.1) is 51.3 Å². The summed E-state index contributed by atoms with van der Waals surface area (Å²) in [6, 6.07) is 119. The fourth-order valence-corrected chi connectivity index (χ4v) is 18.4. The predicted octanol–water partition coefficient (Wildman–Crippen LogP) is 27.3. The van der Waals surface area contributed by atoms with Crippen molar-refractivity contribution < 1.29 is 6.85 Å². The second kappa shape index (κ2) is 26.1. The normalized spacial score (nSPS) is 13.5. The Bertz CT molecular complexity index is 7160. The monoisotopic (exact) mass is 1470 g/mol. The van der Waals surface area contributed by atoms with Crippen LogP contribution in [-0.2, 0) is 16.2 Å². The number of fused-ring (bicyclic) bond motifs is 13. The van der Waals surface area contributed by atoms with Gasteiger partial charge in [-0.2, -0.15) is 0 Å². The molecule has 0 fully saturated rings. The molecule has 2 aliphatic rings. The van der Waals surface area contributed by atoms with E-state index in [2.05, 4.69) is 407 Å². The van der Waals surface area contributed by atoms with Crippen LogP contribution in [-0.4, -0.2) is 20.4 Å². The van der Waals surface area contributed by atoms with Gasteiger partial charge in [-0.25, -0.2) is 0 Å². The van der Waals surface area contributed by atoms with Crippen LogP contribution < -0.4 is 26.2 Å². The predicted molar refractivity (Wildman–Crippen MR) is 487 cm³/mol. The number of benzene rings is 16. The molecular formula is C108H86BN5.